The number of ether oxygens (including phenoxy) is 5. The van der Waals surface area contributed by atoms with Gasteiger partial charge in [-0.2, -0.15) is 8.78 Å². The summed E-state index contributed by atoms with van der Waals surface area (Å²) >= 11 is 0. The van der Waals surface area contributed by atoms with Crippen molar-refractivity contribution in [1.82, 2.24) is 0 Å². The number of benzene rings is 1. The third kappa shape index (κ3) is 7.33. The van der Waals surface area contributed by atoms with Crippen LogP contribution in [-0.4, -0.2) is 63.9 Å². The number of alkyl halides is 2. The molecule has 0 saturated heterocycles. The first kappa shape index (κ1) is 27.4. The monoisotopic (exact) mass is 483 g/mol. The van der Waals surface area contributed by atoms with Crippen molar-refractivity contribution in [2.45, 2.75) is 40.2 Å². The molecule has 1 aromatic carbocycles. The third-order valence-electron chi connectivity index (χ3n) is 5.11. The summed E-state index contributed by atoms with van der Waals surface area (Å²) in [7, 11) is 0. The lowest BCUT2D eigenvalue weighted by atomic mass is 9.75. The van der Waals surface area contributed by atoms with E-state index in [0.29, 0.717) is 24.6 Å². The van der Waals surface area contributed by atoms with Crippen LogP contribution in [-0.2, 0) is 28.5 Å². The Bertz CT molecular complexity index is 901. The fraction of sp³-hybridized carbons (Fsp3) is 0.542. The number of para-hydroxylation sites is 1. The molecule has 1 aliphatic rings. The predicted molar refractivity (Wildman–Crippen MR) is 120 cm³/mol. The Morgan fingerprint density at radius 1 is 0.971 bits per heavy atom. The van der Waals surface area contributed by atoms with Gasteiger partial charge in [0.2, 0.25) is 0 Å². The lowest BCUT2D eigenvalue weighted by Crippen LogP contribution is -2.37. The summed E-state index contributed by atoms with van der Waals surface area (Å²) in [6.45, 7) is 5.04. The Kier molecular flexibility index (Phi) is 11.1. The van der Waals surface area contributed by atoms with E-state index in [9.17, 15) is 18.4 Å². The van der Waals surface area contributed by atoms with Crippen molar-refractivity contribution in [2.75, 3.05) is 39.6 Å². The molecule has 1 aromatic rings. The number of halogens is 2. The Morgan fingerprint density at radius 3 is 2.21 bits per heavy atom. The molecule has 1 aliphatic heterocycles. The van der Waals surface area contributed by atoms with Crippen LogP contribution in [0.4, 0.5) is 8.78 Å². The van der Waals surface area contributed by atoms with Crippen molar-refractivity contribution in [2.24, 2.45) is 10.9 Å². The molecule has 8 nitrogen and oxygen atoms in total. The van der Waals surface area contributed by atoms with E-state index in [2.05, 4.69) is 4.99 Å². The lowest BCUT2D eigenvalue weighted by Gasteiger charge is -2.32. The minimum Gasteiger partial charge on any atom is -0.463 e. The fourth-order valence-corrected chi connectivity index (χ4v) is 3.74. The van der Waals surface area contributed by atoms with Crippen molar-refractivity contribution >= 4 is 17.7 Å². The van der Waals surface area contributed by atoms with Crippen molar-refractivity contribution in [3.63, 3.8) is 0 Å². The van der Waals surface area contributed by atoms with Gasteiger partial charge in [-0.3, -0.25) is 9.79 Å². The van der Waals surface area contributed by atoms with Gasteiger partial charge in [-0.15, -0.1) is 0 Å². The van der Waals surface area contributed by atoms with Crippen LogP contribution < -0.4 is 4.74 Å². The molecular formula is C24H31F2NO7. The SMILES string of the molecule is CCOCCOC(=O)C1=C(C)N=C(C)C(C(=O)OCCOCC)C1c1ccccc1OC(F)F. The van der Waals surface area contributed by atoms with E-state index in [4.69, 9.17) is 23.7 Å². The van der Waals surface area contributed by atoms with Gasteiger partial charge in [-0.25, -0.2) is 4.79 Å². The van der Waals surface area contributed by atoms with Crippen molar-refractivity contribution in [1.29, 1.82) is 0 Å². The highest BCUT2D eigenvalue weighted by atomic mass is 19.3. The second-order valence-corrected chi connectivity index (χ2v) is 7.32. The first-order valence-corrected chi connectivity index (χ1v) is 11.1. The smallest absolute Gasteiger partial charge is 0.387 e. The summed E-state index contributed by atoms with van der Waals surface area (Å²) in [5.74, 6) is -3.60. The van der Waals surface area contributed by atoms with Crippen LogP contribution in [0.5, 0.6) is 5.75 Å². The zero-order chi connectivity index (χ0) is 25.1. The van der Waals surface area contributed by atoms with E-state index >= 15 is 0 Å². The Morgan fingerprint density at radius 2 is 1.59 bits per heavy atom. The highest BCUT2D eigenvalue weighted by molar-refractivity contribution is 6.07. The zero-order valence-corrected chi connectivity index (χ0v) is 19.8. The largest absolute Gasteiger partial charge is 0.463 e. The van der Waals surface area contributed by atoms with Gasteiger partial charge in [0.25, 0.3) is 0 Å². The van der Waals surface area contributed by atoms with Gasteiger partial charge < -0.3 is 23.7 Å². The molecule has 2 unspecified atom stereocenters. The molecule has 0 saturated carbocycles. The Hall–Kier alpha value is -2.85. The molecule has 188 valence electrons. The number of esters is 2. The number of aliphatic imine (C=N–C) groups is 1. The number of carbonyl (C=O) groups excluding carboxylic acids is 2. The second-order valence-electron chi connectivity index (χ2n) is 7.32. The zero-order valence-electron chi connectivity index (χ0n) is 19.8. The highest BCUT2D eigenvalue weighted by Gasteiger charge is 2.43. The van der Waals surface area contributed by atoms with E-state index in [1.54, 1.807) is 19.9 Å². The summed E-state index contributed by atoms with van der Waals surface area (Å²) < 4.78 is 52.1. The van der Waals surface area contributed by atoms with Crippen LogP contribution in [0.2, 0.25) is 0 Å². The van der Waals surface area contributed by atoms with Gasteiger partial charge in [0, 0.05) is 36.1 Å². The molecule has 0 aliphatic carbocycles. The maximum Gasteiger partial charge on any atom is 0.387 e. The van der Waals surface area contributed by atoms with Crippen LogP contribution in [0, 0.1) is 5.92 Å². The van der Waals surface area contributed by atoms with Crippen molar-refractivity contribution in [3.05, 3.63) is 41.1 Å². The molecule has 2 atom stereocenters. The molecular weight excluding hydrogens is 452 g/mol. The molecule has 1 heterocycles. The second kappa shape index (κ2) is 13.8. The van der Waals surface area contributed by atoms with E-state index in [1.165, 1.54) is 18.2 Å². The van der Waals surface area contributed by atoms with Gasteiger partial charge in [0.15, 0.2) is 0 Å². The molecule has 34 heavy (non-hydrogen) atoms. The van der Waals surface area contributed by atoms with Gasteiger partial charge in [0.1, 0.15) is 24.9 Å². The standard InChI is InChI=1S/C24H31F2NO7/c1-5-30-11-13-32-22(28)19-15(3)27-16(4)20(23(29)33-14-12-31-6-2)21(19)17-9-7-8-10-18(17)34-24(25)26/h7-10,19,21,24H,5-6,11-14H2,1-4H3. The summed E-state index contributed by atoms with van der Waals surface area (Å²) in [5.41, 5.74) is 0.981. The van der Waals surface area contributed by atoms with Crippen LogP contribution >= 0.6 is 0 Å². The van der Waals surface area contributed by atoms with E-state index in [-0.39, 0.29) is 43.3 Å². The normalized spacial score (nSPS) is 18.0. The van der Waals surface area contributed by atoms with Gasteiger partial charge in [-0.1, -0.05) is 18.2 Å². The highest BCUT2D eigenvalue weighted by Crippen LogP contribution is 2.43. The molecule has 0 radical (unpaired) electrons. The van der Waals surface area contributed by atoms with Gasteiger partial charge in [0.05, 0.1) is 18.8 Å². The molecule has 0 N–H and O–H groups in total. The molecule has 0 amide bonds. The Labute approximate surface area is 197 Å². The van der Waals surface area contributed by atoms with Crippen molar-refractivity contribution < 1.29 is 42.1 Å². The number of rotatable bonds is 13. The minimum atomic E-state index is -3.09. The molecule has 0 bridgehead atoms. The van der Waals surface area contributed by atoms with Crippen LogP contribution in [0.15, 0.2) is 40.5 Å². The van der Waals surface area contributed by atoms with E-state index < -0.39 is 30.4 Å². The van der Waals surface area contributed by atoms with Crippen molar-refractivity contribution in [3.8, 4) is 5.75 Å². The number of carbonyl (C=O) groups is 2. The number of allylic oxidation sites excluding steroid dienone is 1. The lowest BCUT2D eigenvalue weighted by molar-refractivity contribution is -0.148. The average Bonchev–Trinajstić information content (AvgIpc) is 2.79. The summed E-state index contributed by atoms with van der Waals surface area (Å²) in [6, 6.07) is 6.02. The first-order valence-electron chi connectivity index (χ1n) is 11.1. The predicted octanol–water partition coefficient (Wildman–Crippen LogP) is 3.90. The maximum atomic E-state index is 13.1. The molecule has 0 spiro atoms. The summed E-state index contributed by atoms with van der Waals surface area (Å²) in [4.78, 5) is 30.6. The van der Waals surface area contributed by atoms with Crippen LogP contribution in [0.1, 0.15) is 39.2 Å². The minimum absolute atomic E-state index is 0.00477. The first-order chi connectivity index (χ1) is 16.3. The number of hydrogen-bond donors (Lipinski definition) is 0. The summed E-state index contributed by atoms with van der Waals surface area (Å²) in [5, 5.41) is 0. The van der Waals surface area contributed by atoms with Gasteiger partial charge in [-0.05, 0) is 33.8 Å². The van der Waals surface area contributed by atoms with E-state index in [1.807, 2.05) is 13.8 Å². The van der Waals surface area contributed by atoms with Crippen LogP contribution in [0.25, 0.3) is 0 Å². The topological polar surface area (TPSA) is 92.7 Å². The number of hydrogen-bond acceptors (Lipinski definition) is 8. The van der Waals surface area contributed by atoms with Gasteiger partial charge >= 0.3 is 18.6 Å². The molecule has 10 heteroatoms. The average molecular weight is 484 g/mol. The maximum absolute atomic E-state index is 13.1. The summed E-state index contributed by atoms with van der Waals surface area (Å²) in [6.07, 6.45) is 0. The fourth-order valence-electron chi connectivity index (χ4n) is 3.74. The Balaban J connectivity index is 2.49. The molecule has 2 rings (SSSR count). The third-order valence-corrected chi connectivity index (χ3v) is 5.11. The number of nitrogens with zero attached hydrogens (tertiary/aromatic N) is 1. The quantitative estimate of drug-likeness (QED) is 0.310. The molecule has 0 aromatic heterocycles. The van der Waals surface area contributed by atoms with E-state index in [0.717, 1.165) is 0 Å². The molecule has 0 fully saturated rings. The van der Waals surface area contributed by atoms with Crippen LogP contribution in [0.3, 0.4) is 0 Å².